The number of methoxy groups -OCH3 is 1. The molecule has 2 aromatic rings. The minimum Gasteiger partial charge on any atom is -0.465 e. The molecule has 1 aliphatic heterocycles. The van der Waals surface area contributed by atoms with Crippen molar-refractivity contribution in [1.82, 2.24) is 4.98 Å². The largest absolute Gasteiger partial charge is 0.465 e. The van der Waals surface area contributed by atoms with Gasteiger partial charge in [0.05, 0.1) is 27.7 Å². The maximum Gasteiger partial charge on any atom is 0.337 e. The highest BCUT2D eigenvalue weighted by Gasteiger charge is 2.30. The van der Waals surface area contributed by atoms with Crippen molar-refractivity contribution in [3.05, 3.63) is 55.2 Å². The quantitative estimate of drug-likeness (QED) is 0.523. The van der Waals surface area contributed by atoms with Crippen molar-refractivity contribution >= 4 is 64.0 Å². The zero-order valence-corrected chi connectivity index (χ0v) is 15.8. The Hall–Kier alpha value is -1.53. The van der Waals surface area contributed by atoms with Crippen molar-refractivity contribution in [2.24, 2.45) is 0 Å². The van der Waals surface area contributed by atoms with Crippen LogP contribution in [0, 0.1) is 0 Å². The van der Waals surface area contributed by atoms with Crippen LogP contribution in [0.25, 0.3) is 0 Å². The van der Waals surface area contributed by atoms with Crippen LogP contribution in [0.5, 0.6) is 0 Å². The topological polar surface area (TPSA) is 59.5 Å². The molecule has 0 N–H and O–H groups in total. The summed E-state index contributed by atoms with van der Waals surface area (Å²) in [4.78, 5) is 29.9. The molecule has 0 saturated carbocycles. The Kier molecular flexibility index (Phi) is 5.11. The number of aromatic nitrogens is 1. The highest BCUT2D eigenvalue weighted by molar-refractivity contribution is 6.52. The summed E-state index contributed by atoms with van der Waals surface area (Å²) in [6, 6.07) is 4.97. The number of esters is 1. The van der Waals surface area contributed by atoms with E-state index in [9.17, 15) is 9.59 Å². The molecule has 0 aliphatic carbocycles. The van der Waals surface area contributed by atoms with E-state index in [0.717, 1.165) is 5.56 Å². The number of halogens is 4. The van der Waals surface area contributed by atoms with Gasteiger partial charge >= 0.3 is 5.97 Å². The predicted molar refractivity (Wildman–Crippen MR) is 97.4 cm³/mol. The molecular formula is C16H10Cl4N2O3. The molecule has 1 aromatic carbocycles. The van der Waals surface area contributed by atoms with Gasteiger partial charge in [-0.25, -0.2) is 9.78 Å². The lowest BCUT2D eigenvalue weighted by Gasteiger charge is -2.18. The molecule has 2 heterocycles. The Balaban J connectivity index is 1.99. The van der Waals surface area contributed by atoms with Crippen molar-refractivity contribution in [1.29, 1.82) is 0 Å². The first-order valence-corrected chi connectivity index (χ1v) is 8.59. The average molecular weight is 420 g/mol. The van der Waals surface area contributed by atoms with Gasteiger partial charge in [0.2, 0.25) is 0 Å². The third kappa shape index (κ3) is 3.17. The van der Waals surface area contributed by atoms with Gasteiger partial charge in [0, 0.05) is 12.2 Å². The molecule has 0 bridgehead atoms. The standard InChI is InChI=1S/C16H10Cl4N2O3/c1-25-16(24)8-2-3-9-7(6-8)4-5-22(9)15(23)13-11(18)10(17)12(19)14(20)21-13/h2-3,6H,4-5H2,1H3. The van der Waals surface area contributed by atoms with Crippen LogP contribution >= 0.6 is 46.4 Å². The number of benzene rings is 1. The fourth-order valence-electron chi connectivity index (χ4n) is 2.61. The summed E-state index contributed by atoms with van der Waals surface area (Å²) < 4.78 is 4.70. The summed E-state index contributed by atoms with van der Waals surface area (Å²) in [6.45, 7) is 0.411. The van der Waals surface area contributed by atoms with Crippen LogP contribution < -0.4 is 4.90 Å². The number of fused-ring (bicyclic) bond motifs is 1. The molecule has 1 amide bonds. The lowest BCUT2D eigenvalue weighted by molar-refractivity contribution is 0.0600. The third-order valence-corrected chi connectivity index (χ3v) is 5.51. The zero-order chi connectivity index (χ0) is 18.3. The van der Waals surface area contributed by atoms with Gasteiger partial charge in [0.15, 0.2) is 5.69 Å². The summed E-state index contributed by atoms with van der Waals surface area (Å²) in [7, 11) is 1.31. The maximum absolute atomic E-state index is 12.8. The van der Waals surface area contributed by atoms with E-state index >= 15 is 0 Å². The molecule has 5 nitrogen and oxygen atoms in total. The molecule has 0 unspecified atom stereocenters. The number of hydrogen-bond donors (Lipinski definition) is 0. The predicted octanol–water partition coefficient (Wildman–Crippen LogP) is 4.68. The molecule has 0 saturated heterocycles. The van der Waals surface area contributed by atoms with E-state index in [-0.39, 0.29) is 25.9 Å². The van der Waals surface area contributed by atoms with Crippen molar-refractivity contribution in [3.8, 4) is 0 Å². The number of anilines is 1. The van der Waals surface area contributed by atoms with Crippen LogP contribution in [-0.4, -0.2) is 30.5 Å². The Morgan fingerprint density at radius 3 is 2.52 bits per heavy atom. The lowest BCUT2D eigenvalue weighted by Crippen LogP contribution is -2.30. The summed E-state index contributed by atoms with van der Waals surface area (Å²) in [5.41, 5.74) is 1.85. The molecule has 25 heavy (non-hydrogen) atoms. The van der Waals surface area contributed by atoms with Gasteiger partial charge in [-0.1, -0.05) is 46.4 Å². The number of amides is 1. The maximum atomic E-state index is 12.8. The van der Waals surface area contributed by atoms with Crippen LogP contribution in [0.15, 0.2) is 18.2 Å². The number of pyridine rings is 1. The van der Waals surface area contributed by atoms with Gasteiger partial charge in [-0.3, -0.25) is 4.79 Å². The van der Waals surface area contributed by atoms with E-state index in [1.54, 1.807) is 18.2 Å². The van der Waals surface area contributed by atoms with Crippen LogP contribution in [0.1, 0.15) is 26.4 Å². The fraction of sp³-hybridized carbons (Fsp3) is 0.188. The van der Waals surface area contributed by atoms with Crippen LogP contribution in [0.4, 0.5) is 5.69 Å². The number of nitrogens with zero attached hydrogens (tertiary/aromatic N) is 2. The number of ether oxygens (including phenoxy) is 1. The van der Waals surface area contributed by atoms with E-state index in [0.29, 0.717) is 24.2 Å². The summed E-state index contributed by atoms with van der Waals surface area (Å²) in [6.07, 6.45) is 0.582. The molecule has 0 radical (unpaired) electrons. The van der Waals surface area contributed by atoms with Gasteiger partial charge in [-0.15, -0.1) is 0 Å². The van der Waals surface area contributed by atoms with Gasteiger partial charge in [0.25, 0.3) is 5.91 Å². The normalized spacial score (nSPS) is 12.9. The molecule has 3 rings (SSSR count). The minimum atomic E-state index is -0.449. The summed E-state index contributed by atoms with van der Waals surface area (Å²) >= 11 is 23.9. The van der Waals surface area contributed by atoms with E-state index in [1.165, 1.54) is 12.0 Å². The average Bonchev–Trinajstić information content (AvgIpc) is 3.04. The second-order valence-corrected chi connectivity index (χ2v) is 6.73. The minimum absolute atomic E-state index is 0.00516. The Morgan fingerprint density at radius 2 is 1.84 bits per heavy atom. The van der Waals surface area contributed by atoms with Crippen LogP contribution in [0.2, 0.25) is 20.2 Å². The van der Waals surface area contributed by atoms with Gasteiger partial charge < -0.3 is 9.64 Å². The number of carbonyl (C=O) groups is 2. The Morgan fingerprint density at radius 1 is 1.12 bits per heavy atom. The molecule has 0 atom stereocenters. The monoisotopic (exact) mass is 418 g/mol. The van der Waals surface area contributed by atoms with Crippen molar-refractivity contribution in [3.63, 3.8) is 0 Å². The van der Waals surface area contributed by atoms with E-state index < -0.39 is 11.9 Å². The summed E-state index contributed by atoms with van der Waals surface area (Å²) in [5, 5.41) is -0.179. The molecular weight excluding hydrogens is 410 g/mol. The van der Waals surface area contributed by atoms with Gasteiger partial charge in [-0.2, -0.15) is 0 Å². The first-order chi connectivity index (χ1) is 11.8. The molecule has 1 aliphatic rings. The molecule has 130 valence electrons. The van der Waals surface area contributed by atoms with Gasteiger partial charge in [0.1, 0.15) is 5.15 Å². The first-order valence-electron chi connectivity index (χ1n) is 7.08. The lowest BCUT2D eigenvalue weighted by atomic mass is 10.1. The molecule has 0 spiro atoms. The third-order valence-electron chi connectivity index (χ3n) is 3.83. The highest BCUT2D eigenvalue weighted by Crippen LogP contribution is 2.38. The number of rotatable bonds is 2. The zero-order valence-electron chi connectivity index (χ0n) is 12.8. The van der Waals surface area contributed by atoms with E-state index in [2.05, 4.69) is 4.98 Å². The first kappa shape index (κ1) is 18.3. The SMILES string of the molecule is COC(=O)c1ccc2c(c1)CCN2C(=O)c1nc(Cl)c(Cl)c(Cl)c1Cl. The van der Waals surface area contributed by atoms with Gasteiger partial charge in [-0.05, 0) is 30.2 Å². The second kappa shape index (κ2) is 7.00. The van der Waals surface area contributed by atoms with E-state index in [1.807, 2.05) is 0 Å². The van der Waals surface area contributed by atoms with Crippen molar-refractivity contribution < 1.29 is 14.3 Å². The summed E-state index contributed by atoms with van der Waals surface area (Å²) in [5.74, 6) is -0.886. The van der Waals surface area contributed by atoms with Crippen LogP contribution in [0.3, 0.4) is 0 Å². The Bertz CT molecular complexity index is 901. The highest BCUT2D eigenvalue weighted by atomic mass is 35.5. The second-order valence-electron chi connectivity index (χ2n) is 5.24. The molecule has 0 fully saturated rings. The van der Waals surface area contributed by atoms with Crippen LogP contribution in [-0.2, 0) is 11.2 Å². The number of hydrogen-bond acceptors (Lipinski definition) is 4. The van der Waals surface area contributed by atoms with E-state index in [4.69, 9.17) is 51.1 Å². The molecule has 1 aromatic heterocycles. The smallest absolute Gasteiger partial charge is 0.337 e. The molecule has 9 heteroatoms. The fourth-order valence-corrected chi connectivity index (χ4v) is 3.42. The Labute approximate surface area is 163 Å². The van der Waals surface area contributed by atoms with Crippen molar-refractivity contribution in [2.75, 3.05) is 18.6 Å². The van der Waals surface area contributed by atoms with Crippen molar-refractivity contribution in [2.45, 2.75) is 6.42 Å². The number of carbonyl (C=O) groups excluding carboxylic acids is 2.